The van der Waals surface area contributed by atoms with E-state index in [-0.39, 0.29) is 190 Å². The maximum absolute atomic E-state index is 14.7. The molecule has 3 aliphatic heterocycles. The van der Waals surface area contributed by atoms with Gasteiger partial charge < -0.3 is 71.9 Å². The van der Waals surface area contributed by atoms with Crippen molar-refractivity contribution in [1.29, 1.82) is 0 Å². The lowest BCUT2D eigenvalue weighted by atomic mass is 9.89. The van der Waals surface area contributed by atoms with Gasteiger partial charge in [-0.3, -0.25) is 76.7 Å². The third-order valence-electron chi connectivity index (χ3n) is 21.5. The molecule has 622 valence electrons. The van der Waals surface area contributed by atoms with Crippen molar-refractivity contribution in [1.82, 2.24) is 80.2 Å². The molecule has 3 aliphatic rings. The SMILES string of the molecule is CCNC(=O)c1nnc(-c2cc(C(C)C)c(O)cc2O)n1-c1ccc(CC2CCN(C(=O)CCC(=O)N[C@@H](CCCCNC(=O)CC[C@H](C(=O)O)N3CCN(CC(=O)O)CCN(CC(=O)O)CCN(CC(=O)O)CC3)C(=O)N3CCC(Cc4ccc(-n5c(C(=O)NCC)nnc5-c5cc(C(C)C)c(O)cc5O)cc4)CC3)CC2)cc1. The maximum Gasteiger partial charge on any atom is 0.320 e. The Labute approximate surface area is 667 Å². The van der Waals surface area contributed by atoms with Gasteiger partial charge in [0.25, 0.3) is 11.8 Å². The number of rotatable bonds is 35. The van der Waals surface area contributed by atoms with Crippen molar-refractivity contribution >= 4 is 59.3 Å². The van der Waals surface area contributed by atoms with Gasteiger partial charge in [-0.15, -0.1) is 20.4 Å². The Kier molecular flexibility index (Phi) is 31.9. The van der Waals surface area contributed by atoms with E-state index < -0.39 is 72.7 Å². The fraction of sp³-hybridized carbons (Fsp3) is 0.531. The van der Waals surface area contributed by atoms with Crippen molar-refractivity contribution in [2.24, 2.45) is 11.8 Å². The topological polar surface area (TPSA) is 462 Å². The highest BCUT2D eigenvalue weighted by Crippen LogP contribution is 2.41. The Morgan fingerprint density at radius 2 is 0.878 bits per heavy atom. The summed E-state index contributed by atoms with van der Waals surface area (Å²) in [6.45, 7) is 13.4. The number of piperidine rings is 2. The second-order valence-electron chi connectivity index (χ2n) is 30.5. The van der Waals surface area contributed by atoms with Gasteiger partial charge in [0.15, 0.2) is 11.6 Å². The first kappa shape index (κ1) is 87.9. The number of unbranched alkanes of at least 4 members (excludes halogenated alkanes) is 1. The molecule has 0 unspecified atom stereocenters. The van der Waals surface area contributed by atoms with Gasteiger partial charge >= 0.3 is 23.9 Å². The summed E-state index contributed by atoms with van der Waals surface area (Å²) < 4.78 is 3.14. The molecule has 12 N–H and O–H groups in total. The predicted molar refractivity (Wildman–Crippen MR) is 423 cm³/mol. The molecule has 4 aromatic carbocycles. The van der Waals surface area contributed by atoms with Crippen LogP contribution < -0.4 is 21.3 Å². The lowest BCUT2D eigenvalue weighted by Gasteiger charge is -2.35. The molecule has 0 radical (unpaired) electrons. The lowest BCUT2D eigenvalue weighted by Crippen LogP contribution is -2.52. The summed E-state index contributed by atoms with van der Waals surface area (Å²) >= 11 is 0. The molecule has 0 bridgehead atoms. The van der Waals surface area contributed by atoms with E-state index in [0.29, 0.717) is 113 Å². The van der Waals surface area contributed by atoms with Crippen molar-refractivity contribution in [3.05, 3.63) is 107 Å². The van der Waals surface area contributed by atoms with Crippen LogP contribution in [-0.4, -0.2) is 289 Å². The molecule has 34 nitrogen and oxygen atoms in total. The van der Waals surface area contributed by atoms with E-state index in [1.54, 1.807) is 64.5 Å². The third-order valence-corrected chi connectivity index (χ3v) is 21.5. The molecular formula is C81H110N16O18. The number of nitrogens with zero attached hydrogens (tertiary/aromatic N) is 12. The van der Waals surface area contributed by atoms with Gasteiger partial charge in [0.05, 0.1) is 30.8 Å². The van der Waals surface area contributed by atoms with Crippen LogP contribution in [0.25, 0.3) is 34.2 Å². The number of aromatic nitrogens is 6. The second-order valence-corrected chi connectivity index (χ2v) is 30.5. The van der Waals surface area contributed by atoms with Gasteiger partial charge in [-0.1, -0.05) is 52.0 Å². The zero-order chi connectivity index (χ0) is 83.2. The summed E-state index contributed by atoms with van der Waals surface area (Å²) in [6.07, 6.45) is 4.30. The monoisotopic (exact) mass is 1590 g/mol. The quantitative estimate of drug-likeness (QED) is 0.0225. The normalized spacial score (nSPS) is 16.0. The van der Waals surface area contributed by atoms with Crippen molar-refractivity contribution in [3.8, 4) is 57.1 Å². The molecule has 6 aromatic rings. The van der Waals surface area contributed by atoms with Gasteiger partial charge in [0, 0.05) is 141 Å². The van der Waals surface area contributed by atoms with Crippen LogP contribution in [0, 0.1) is 11.8 Å². The number of hydrogen-bond acceptors (Lipinski definition) is 22. The minimum atomic E-state index is -1.24. The molecule has 0 saturated carbocycles. The van der Waals surface area contributed by atoms with Crippen LogP contribution >= 0.6 is 0 Å². The molecular weight excluding hydrogens is 1480 g/mol. The Morgan fingerprint density at radius 1 is 0.461 bits per heavy atom. The summed E-state index contributed by atoms with van der Waals surface area (Å²) in [5.41, 5.74) is 4.85. The van der Waals surface area contributed by atoms with Crippen molar-refractivity contribution in [2.75, 3.05) is 118 Å². The summed E-state index contributed by atoms with van der Waals surface area (Å²) in [5, 5.41) is 111. The molecule has 5 heterocycles. The Hall–Kier alpha value is -11.1. The number of phenolic OH excluding ortho intramolecular Hbond substituents is 4. The van der Waals surface area contributed by atoms with Gasteiger partial charge in [-0.2, -0.15) is 0 Å². The number of aliphatic carboxylic acids is 4. The Morgan fingerprint density at radius 3 is 1.28 bits per heavy atom. The first-order valence-corrected chi connectivity index (χ1v) is 39.7. The molecule has 0 spiro atoms. The van der Waals surface area contributed by atoms with E-state index in [1.165, 1.54) is 12.1 Å². The number of nitrogens with one attached hydrogen (secondary N) is 4. The number of phenols is 4. The molecule has 3 saturated heterocycles. The number of benzene rings is 4. The van der Waals surface area contributed by atoms with Crippen molar-refractivity contribution in [2.45, 2.75) is 149 Å². The van der Waals surface area contributed by atoms with Crippen molar-refractivity contribution in [3.63, 3.8) is 0 Å². The number of hydrogen-bond donors (Lipinski definition) is 12. The van der Waals surface area contributed by atoms with Crippen LogP contribution in [0.3, 0.4) is 0 Å². The highest BCUT2D eigenvalue weighted by molar-refractivity contribution is 5.93. The number of aromatic hydroxyl groups is 4. The number of amides is 6. The average molecular weight is 1600 g/mol. The number of carboxylic acid groups (broad SMARTS) is 4. The highest BCUT2D eigenvalue weighted by atomic mass is 16.4. The Bertz CT molecular complexity index is 4350. The van der Waals surface area contributed by atoms with E-state index in [0.717, 1.165) is 11.1 Å². The lowest BCUT2D eigenvalue weighted by molar-refractivity contribution is -0.145. The predicted octanol–water partition coefficient (Wildman–Crippen LogP) is 5.27. The molecule has 3 fully saturated rings. The van der Waals surface area contributed by atoms with Crippen LogP contribution in [0.1, 0.15) is 167 Å². The van der Waals surface area contributed by atoms with Gasteiger partial charge in [0.2, 0.25) is 35.3 Å². The fourth-order valence-corrected chi connectivity index (χ4v) is 15.2. The standard InChI is InChI=1S/C81H110N16O18/c1-7-82-78(111)76-88-86-74(60-43-58(50(3)4)64(98)45-66(60)100)96(76)56-16-12-52(13-17-56)41-54-24-29-94(30-25-54)70(104)23-22-69(103)85-62(11-9-10-28-84-68(102)21-20-63(81(114)115)93-39-37-91(48-72(107)108)35-33-90(47-71(105)106)34-36-92(38-40-93)49-73(109)110)80(113)95-31-26-55(27-32-95)42-53-14-18-57(19-15-53)97-75(87-89-77(97)79(112)83-8-2)61-44-59(51(5)6)65(99)46-67(61)101/h12-19,43-46,50-51,54-55,62-63,98-101H,7-11,20-42,47-49H2,1-6H3,(H,82,111)(H,83,112)(H,84,102)(H,85,103)(H,105,106)(H,107,108)(H,109,110)(H,114,115)/t62-,63+/m0/s1. The largest absolute Gasteiger partial charge is 0.508 e. The molecule has 115 heavy (non-hydrogen) atoms. The van der Waals surface area contributed by atoms with E-state index in [9.17, 15) is 88.8 Å². The zero-order valence-electron chi connectivity index (χ0n) is 66.3. The summed E-state index contributed by atoms with van der Waals surface area (Å²) in [6, 6.07) is 18.8. The van der Waals surface area contributed by atoms with Crippen LogP contribution in [0.4, 0.5) is 0 Å². The molecule has 9 rings (SSSR count). The highest BCUT2D eigenvalue weighted by Gasteiger charge is 2.34. The smallest absolute Gasteiger partial charge is 0.320 e. The van der Waals surface area contributed by atoms with Gasteiger partial charge in [0.1, 0.15) is 35.1 Å². The molecule has 2 atom stereocenters. The van der Waals surface area contributed by atoms with Gasteiger partial charge in [-0.25, -0.2) is 0 Å². The summed E-state index contributed by atoms with van der Waals surface area (Å²) in [4.78, 5) is 141. The first-order chi connectivity index (χ1) is 55.0. The van der Waals surface area contributed by atoms with Crippen LogP contribution in [-0.2, 0) is 51.2 Å². The van der Waals surface area contributed by atoms with Crippen molar-refractivity contribution < 1.29 is 88.8 Å². The van der Waals surface area contributed by atoms with E-state index in [4.69, 9.17) is 0 Å². The molecule has 0 aliphatic carbocycles. The van der Waals surface area contributed by atoms with E-state index >= 15 is 0 Å². The molecule has 6 amide bonds. The number of carboxylic acids is 4. The first-order valence-electron chi connectivity index (χ1n) is 39.7. The summed E-state index contributed by atoms with van der Waals surface area (Å²) in [5.74, 6) is -7.01. The van der Waals surface area contributed by atoms with Crippen LogP contribution in [0.5, 0.6) is 23.0 Å². The van der Waals surface area contributed by atoms with E-state index in [1.807, 2.05) is 76.2 Å². The minimum Gasteiger partial charge on any atom is -0.508 e. The average Bonchev–Trinajstić information content (AvgIpc) is 1.65. The number of carbonyl (C=O) groups is 10. The van der Waals surface area contributed by atoms with Crippen LogP contribution in [0.15, 0.2) is 72.8 Å². The second kappa shape index (κ2) is 41.8. The summed E-state index contributed by atoms with van der Waals surface area (Å²) in [7, 11) is 0. The number of carbonyl (C=O) groups excluding carboxylic acids is 6. The minimum absolute atomic E-state index is 0.00323. The maximum atomic E-state index is 14.7. The van der Waals surface area contributed by atoms with Crippen LogP contribution in [0.2, 0.25) is 0 Å². The fourth-order valence-electron chi connectivity index (χ4n) is 15.2. The third kappa shape index (κ3) is 24.5. The molecule has 34 heteroatoms. The Balaban J connectivity index is 0.818. The number of likely N-dealkylation sites (tertiary alicyclic amines) is 2. The van der Waals surface area contributed by atoms with Gasteiger partial charge in [-0.05, 0) is 160 Å². The molecule has 2 aromatic heterocycles. The van der Waals surface area contributed by atoms with E-state index in [2.05, 4.69) is 41.7 Å². The zero-order valence-corrected chi connectivity index (χ0v) is 66.3.